The molecule has 1 N–H and O–H groups in total. The highest BCUT2D eigenvalue weighted by Crippen LogP contribution is 2.23. The molecule has 0 fully saturated rings. The number of benzene rings is 2. The molecule has 1 amide bonds. The Morgan fingerprint density at radius 2 is 1.66 bits per heavy atom. The average Bonchev–Trinajstić information content (AvgIpc) is 2.61. The minimum Gasteiger partial charge on any atom is -0.322 e. The van der Waals surface area contributed by atoms with Gasteiger partial charge in [-0.25, -0.2) is 25.5 Å². The van der Waals surface area contributed by atoms with Gasteiger partial charge in [-0.3, -0.25) is 9.10 Å². The normalized spacial score (nSPS) is 12.1. The summed E-state index contributed by atoms with van der Waals surface area (Å²) in [4.78, 5) is 12.3. The van der Waals surface area contributed by atoms with Crippen molar-refractivity contribution in [3.8, 4) is 0 Å². The second kappa shape index (κ2) is 8.78. The molecule has 2 aromatic rings. The highest BCUT2D eigenvalue weighted by molar-refractivity contribution is 9.10. The van der Waals surface area contributed by atoms with Crippen molar-refractivity contribution in [2.75, 3.05) is 36.5 Å². The first-order chi connectivity index (χ1) is 13.3. The Morgan fingerprint density at radius 3 is 2.14 bits per heavy atom. The lowest BCUT2D eigenvalue weighted by atomic mass is 10.3. The van der Waals surface area contributed by atoms with Gasteiger partial charge in [-0.15, -0.1) is 0 Å². The van der Waals surface area contributed by atoms with E-state index in [2.05, 4.69) is 21.2 Å². The summed E-state index contributed by atoms with van der Waals surface area (Å²) < 4.78 is 64.8. The maximum Gasteiger partial charge on any atom is 0.245 e. The van der Waals surface area contributed by atoms with Crippen LogP contribution in [0.5, 0.6) is 0 Å². The summed E-state index contributed by atoms with van der Waals surface area (Å²) in [7, 11) is -4.82. The van der Waals surface area contributed by atoms with Crippen molar-refractivity contribution in [3.63, 3.8) is 0 Å². The molecule has 8 nitrogen and oxygen atoms in total. The van der Waals surface area contributed by atoms with Gasteiger partial charge in [0.05, 0.1) is 22.5 Å². The molecular weight excluding hydrogens is 489 g/mol. The first kappa shape index (κ1) is 23.3. The lowest BCUT2D eigenvalue weighted by molar-refractivity contribution is -0.114. The van der Waals surface area contributed by atoms with Crippen molar-refractivity contribution in [1.29, 1.82) is 0 Å². The fraction of sp³-hybridized carbons (Fsp3) is 0.235. The first-order valence-electron chi connectivity index (χ1n) is 8.07. The molecule has 0 aromatic heterocycles. The van der Waals surface area contributed by atoms with Crippen molar-refractivity contribution in [2.24, 2.45) is 0 Å². The van der Waals surface area contributed by atoms with Crippen LogP contribution >= 0.6 is 15.9 Å². The highest BCUT2D eigenvalue weighted by Gasteiger charge is 2.23. The van der Waals surface area contributed by atoms with Crippen LogP contribution in [0.3, 0.4) is 0 Å². The Kier molecular flexibility index (Phi) is 7.04. The fourth-order valence-electron chi connectivity index (χ4n) is 2.31. The zero-order chi connectivity index (χ0) is 22.0. The summed E-state index contributed by atoms with van der Waals surface area (Å²) in [5.41, 5.74) is -0.00397. The number of hydrogen-bond donors (Lipinski definition) is 1. The van der Waals surface area contributed by atoms with Crippen LogP contribution in [0, 0.1) is 5.82 Å². The van der Waals surface area contributed by atoms with Gasteiger partial charge in [0.2, 0.25) is 26.0 Å². The number of amides is 1. The Bertz CT molecular complexity index is 1120. The Hall–Kier alpha value is -2.02. The maximum absolute atomic E-state index is 13.9. The summed E-state index contributed by atoms with van der Waals surface area (Å²) in [5.74, 6) is -1.45. The molecule has 0 saturated carbocycles. The molecule has 0 unspecified atom stereocenters. The standard InChI is InChI=1S/C17H19BrFN3O5S2/c1-21(2)29(26,27)14-7-5-13(6-8-14)22(28(3,24)25)11-17(23)20-16-9-4-12(18)10-15(16)19/h4-10H,11H2,1-3H3,(H,20,23). The molecule has 29 heavy (non-hydrogen) atoms. The Balaban J connectivity index is 2.27. The molecule has 0 radical (unpaired) electrons. The van der Waals surface area contributed by atoms with Gasteiger partial charge < -0.3 is 5.32 Å². The minimum absolute atomic E-state index is 0.0268. The van der Waals surface area contributed by atoms with E-state index >= 15 is 0 Å². The molecule has 0 bridgehead atoms. The smallest absolute Gasteiger partial charge is 0.245 e. The van der Waals surface area contributed by atoms with Gasteiger partial charge in [-0.2, -0.15) is 0 Å². The quantitative estimate of drug-likeness (QED) is 0.618. The van der Waals surface area contributed by atoms with Crippen LogP contribution in [0.2, 0.25) is 0 Å². The number of rotatable bonds is 7. The number of sulfonamides is 2. The summed E-state index contributed by atoms with van der Waals surface area (Å²) in [6, 6.07) is 9.08. The third-order valence-corrected chi connectivity index (χ3v) is 7.26. The van der Waals surface area contributed by atoms with Gasteiger partial charge in [0.25, 0.3) is 0 Å². The molecule has 0 aliphatic rings. The molecule has 0 aliphatic heterocycles. The van der Waals surface area contributed by atoms with E-state index in [1.165, 1.54) is 50.5 Å². The SMILES string of the molecule is CN(C)S(=O)(=O)c1ccc(N(CC(=O)Nc2ccc(Br)cc2F)S(C)(=O)=O)cc1. The van der Waals surface area contributed by atoms with Crippen LogP contribution in [0.4, 0.5) is 15.8 Å². The van der Waals surface area contributed by atoms with Crippen LogP contribution in [0.15, 0.2) is 51.8 Å². The van der Waals surface area contributed by atoms with E-state index in [-0.39, 0.29) is 16.3 Å². The van der Waals surface area contributed by atoms with E-state index in [0.29, 0.717) is 4.47 Å². The van der Waals surface area contributed by atoms with E-state index in [9.17, 15) is 26.0 Å². The van der Waals surface area contributed by atoms with E-state index < -0.39 is 38.3 Å². The van der Waals surface area contributed by atoms with E-state index in [4.69, 9.17) is 0 Å². The molecule has 158 valence electrons. The summed E-state index contributed by atoms with van der Waals surface area (Å²) in [6.07, 6.45) is 0.908. The molecule has 0 spiro atoms. The predicted octanol–water partition coefficient (Wildman–Crippen LogP) is 2.24. The van der Waals surface area contributed by atoms with Gasteiger partial charge in [0.1, 0.15) is 12.4 Å². The predicted molar refractivity (Wildman–Crippen MR) is 112 cm³/mol. The summed E-state index contributed by atoms with van der Waals surface area (Å²) in [6.45, 7) is -0.617. The zero-order valence-corrected chi connectivity index (χ0v) is 19.0. The third kappa shape index (κ3) is 5.75. The van der Waals surface area contributed by atoms with E-state index in [1.54, 1.807) is 0 Å². The topological polar surface area (TPSA) is 104 Å². The zero-order valence-electron chi connectivity index (χ0n) is 15.8. The Morgan fingerprint density at radius 1 is 1.07 bits per heavy atom. The third-order valence-electron chi connectivity index (χ3n) is 3.80. The number of carbonyl (C=O) groups excluding carboxylic acids is 1. The van der Waals surface area contributed by atoms with Crippen molar-refractivity contribution in [1.82, 2.24) is 4.31 Å². The number of anilines is 2. The number of nitrogens with zero attached hydrogens (tertiary/aromatic N) is 2. The van der Waals surface area contributed by atoms with Gasteiger partial charge >= 0.3 is 0 Å². The van der Waals surface area contributed by atoms with E-state index in [0.717, 1.165) is 20.9 Å². The summed E-state index contributed by atoms with van der Waals surface area (Å²) >= 11 is 3.10. The van der Waals surface area contributed by atoms with Crippen LogP contribution < -0.4 is 9.62 Å². The molecule has 0 saturated heterocycles. The highest BCUT2D eigenvalue weighted by atomic mass is 79.9. The molecule has 0 aliphatic carbocycles. The average molecular weight is 508 g/mol. The van der Waals surface area contributed by atoms with Gasteiger partial charge in [-0.05, 0) is 42.5 Å². The van der Waals surface area contributed by atoms with Gasteiger partial charge in [-0.1, -0.05) is 15.9 Å². The first-order valence-corrected chi connectivity index (χ1v) is 12.2. The summed E-state index contributed by atoms with van der Waals surface area (Å²) in [5, 5.41) is 2.32. The van der Waals surface area contributed by atoms with Crippen LogP contribution in [0.1, 0.15) is 0 Å². The van der Waals surface area contributed by atoms with Crippen LogP contribution in [-0.2, 0) is 24.8 Å². The monoisotopic (exact) mass is 507 g/mol. The van der Waals surface area contributed by atoms with Gasteiger partial charge in [0.15, 0.2) is 0 Å². The number of hydrogen-bond acceptors (Lipinski definition) is 5. The van der Waals surface area contributed by atoms with Crippen LogP contribution in [0.25, 0.3) is 0 Å². The molecule has 12 heteroatoms. The lowest BCUT2D eigenvalue weighted by Crippen LogP contribution is -2.37. The molecular formula is C17H19BrFN3O5S2. The van der Waals surface area contributed by atoms with Crippen molar-refractivity contribution in [3.05, 3.63) is 52.8 Å². The minimum atomic E-state index is -3.88. The fourth-order valence-corrected chi connectivity index (χ4v) is 4.40. The van der Waals surface area contributed by atoms with Crippen LogP contribution in [-0.4, -0.2) is 53.9 Å². The van der Waals surface area contributed by atoms with Crippen molar-refractivity contribution >= 4 is 53.3 Å². The molecule has 0 heterocycles. The second-order valence-electron chi connectivity index (χ2n) is 6.22. The molecule has 0 atom stereocenters. The van der Waals surface area contributed by atoms with E-state index in [1.807, 2.05) is 0 Å². The second-order valence-corrected chi connectivity index (χ2v) is 11.2. The number of halogens is 2. The lowest BCUT2D eigenvalue weighted by Gasteiger charge is -2.22. The van der Waals surface area contributed by atoms with Crippen molar-refractivity contribution in [2.45, 2.75) is 4.90 Å². The Labute approximate surface area is 177 Å². The van der Waals surface area contributed by atoms with Gasteiger partial charge in [0, 0.05) is 18.6 Å². The molecule has 2 rings (SSSR count). The number of nitrogens with one attached hydrogen (secondary N) is 1. The molecule has 2 aromatic carbocycles. The maximum atomic E-state index is 13.9. The number of carbonyl (C=O) groups is 1. The largest absolute Gasteiger partial charge is 0.322 e. The van der Waals surface area contributed by atoms with Crippen molar-refractivity contribution < 1.29 is 26.0 Å².